The van der Waals surface area contributed by atoms with Crippen molar-refractivity contribution in [1.29, 1.82) is 5.26 Å². The number of hydrogen-bond acceptors (Lipinski definition) is 4. The van der Waals surface area contributed by atoms with Crippen molar-refractivity contribution in [1.82, 2.24) is 5.32 Å². The molecule has 23 heavy (non-hydrogen) atoms. The zero-order chi connectivity index (χ0) is 16.2. The highest BCUT2D eigenvalue weighted by Gasteiger charge is 2.37. The van der Waals surface area contributed by atoms with Gasteiger partial charge in [0.05, 0.1) is 18.6 Å². The first-order valence-electron chi connectivity index (χ1n) is 7.82. The molecule has 2 amide bonds. The van der Waals surface area contributed by atoms with Gasteiger partial charge in [-0.05, 0) is 18.6 Å². The van der Waals surface area contributed by atoms with Crippen molar-refractivity contribution in [3.8, 4) is 6.07 Å². The standard InChI is InChI=1S/C17H19N3O3/c18-9-15(12-6-7-23-11-12)19-17(22)13-8-16(21)20(10-13)14-4-2-1-3-5-14/h1-5,12-13,15H,6-8,10-11H2,(H,19,22)/t12-,13-,15+/m1/s1. The zero-order valence-corrected chi connectivity index (χ0v) is 12.8. The molecule has 2 heterocycles. The average molecular weight is 313 g/mol. The monoisotopic (exact) mass is 313 g/mol. The van der Waals surface area contributed by atoms with E-state index in [-0.39, 0.29) is 24.2 Å². The van der Waals surface area contributed by atoms with Crippen LogP contribution < -0.4 is 10.2 Å². The number of para-hydroxylation sites is 1. The zero-order valence-electron chi connectivity index (χ0n) is 12.8. The van der Waals surface area contributed by atoms with Crippen molar-refractivity contribution in [2.75, 3.05) is 24.7 Å². The van der Waals surface area contributed by atoms with Crippen LogP contribution in [0.1, 0.15) is 12.8 Å². The van der Waals surface area contributed by atoms with E-state index in [1.54, 1.807) is 4.90 Å². The van der Waals surface area contributed by atoms with Gasteiger partial charge in [0.15, 0.2) is 0 Å². The normalized spacial score (nSPS) is 25.2. The van der Waals surface area contributed by atoms with Gasteiger partial charge in [0, 0.05) is 31.2 Å². The van der Waals surface area contributed by atoms with Crippen molar-refractivity contribution in [3.05, 3.63) is 30.3 Å². The van der Waals surface area contributed by atoms with Gasteiger partial charge in [-0.25, -0.2) is 0 Å². The number of nitriles is 1. The van der Waals surface area contributed by atoms with E-state index in [1.807, 2.05) is 30.3 Å². The Balaban J connectivity index is 1.62. The minimum atomic E-state index is -0.550. The highest BCUT2D eigenvalue weighted by atomic mass is 16.5. The molecule has 6 heteroatoms. The number of carbonyl (C=O) groups is 2. The quantitative estimate of drug-likeness (QED) is 0.902. The number of anilines is 1. The minimum absolute atomic E-state index is 0.0336. The smallest absolute Gasteiger partial charge is 0.227 e. The molecule has 6 nitrogen and oxygen atoms in total. The lowest BCUT2D eigenvalue weighted by Gasteiger charge is -2.19. The summed E-state index contributed by atoms with van der Waals surface area (Å²) in [4.78, 5) is 26.2. The van der Waals surface area contributed by atoms with E-state index in [0.29, 0.717) is 19.8 Å². The predicted octanol–water partition coefficient (Wildman–Crippen LogP) is 1.08. The first kappa shape index (κ1) is 15.5. The van der Waals surface area contributed by atoms with Crippen LogP contribution in [0.15, 0.2) is 30.3 Å². The summed E-state index contributed by atoms with van der Waals surface area (Å²) in [6, 6.07) is 10.9. The molecular formula is C17H19N3O3. The highest BCUT2D eigenvalue weighted by Crippen LogP contribution is 2.25. The molecule has 1 N–H and O–H groups in total. The highest BCUT2D eigenvalue weighted by molar-refractivity contribution is 6.00. The fraction of sp³-hybridized carbons (Fsp3) is 0.471. The minimum Gasteiger partial charge on any atom is -0.381 e. The summed E-state index contributed by atoms with van der Waals surface area (Å²) in [6.45, 7) is 1.48. The number of carbonyl (C=O) groups excluding carboxylic acids is 2. The summed E-state index contributed by atoms with van der Waals surface area (Å²) in [5, 5.41) is 12.0. The molecule has 0 unspecified atom stereocenters. The fourth-order valence-corrected chi connectivity index (χ4v) is 3.08. The van der Waals surface area contributed by atoms with Crippen LogP contribution in [0.2, 0.25) is 0 Å². The Morgan fingerprint density at radius 1 is 1.39 bits per heavy atom. The largest absolute Gasteiger partial charge is 0.381 e. The summed E-state index contributed by atoms with van der Waals surface area (Å²) in [7, 11) is 0. The molecule has 3 atom stereocenters. The van der Waals surface area contributed by atoms with Crippen LogP contribution in [0.5, 0.6) is 0 Å². The van der Waals surface area contributed by atoms with Gasteiger partial charge < -0.3 is 15.0 Å². The van der Waals surface area contributed by atoms with E-state index >= 15 is 0 Å². The Labute approximate surface area is 135 Å². The van der Waals surface area contributed by atoms with Crippen LogP contribution in [-0.4, -0.2) is 37.6 Å². The first-order chi connectivity index (χ1) is 11.2. The predicted molar refractivity (Wildman–Crippen MR) is 83.4 cm³/mol. The molecule has 1 aromatic carbocycles. The molecule has 0 aromatic heterocycles. The summed E-state index contributed by atoms with van der Waals surface area (Å²) in [6.07, 6.45) is 0.957. The van der Waals surface area contributed by atoms with Crippen LogP contribution in [-0.2, 0) is 14.3 Å². The Hall–Kier alpha value is -2.39. The van der Waals surface area contributed by atoms with E-state index in [1.165, 1.54) is 0 Å². The molecule has 0 bridgehead atoms. The van der Waals surface area contributed by atoms with Crippen molar-refractivity contribution in [2.45, 2.75) is 18.9 Å². The lowest BCUT2D eigenvalue weighted by atomic mass is 9.99. The lowest BCUT2D eigenvalue weighted by molar-refractivity contribution is -0.126. The third-order valence-electron chi connectivity index (χ3n) is 4.44. The molecule has 2 fully saturated rings. The number of rotatable bonds is 4. The van der Waals surface area contributed by atoms with Gasteiger partial charge >= 0.3 is 0 Å². The third-order valence-corrected chi connectivity index (χ3v) is 4.44. The van der Waals surface area contributed by atoms with Gasteiger partial charge in [-0.3, -0.25) is 9.59 Å². The molecular weight excluding hydrogens is 294 g/mol. The van der Waals surface area contributed by atoms with E-state index < -0.39 is 12.0 Å². The van der Waals surface area contributed by atoms with E-state index in [0.717, 1.165) is 12.1 Å². The Morgan fingerprint density at radius 2 is 2.17 bits per heavy atom. The van der Waals surface area contributed by atoms with E-state index in [2.05, 4.69) is 11.4 Å². The van der Waals surface area contributed by atoms with Crippen LogP contribution >= 0.6 is 0 Å². The van der Waals surface area contributed by atoms with Crippen molar-refractivity contribution >= 4 is 17.5 Å². The van der Waals surface area contributed by atoms with E-state index in [4.69, 9.17) is 4.74 Å². The topological polar surface area (TPSA) is 82.4 Å². The maximum Gasteiger partial charge on any atom is 0.227 e. The molecule has 0 saturated carbocycles. The molecule has 120 valence electrons. The average Bonchev–Trinajstić information content (AvgIpc) is 3.23. The van der Waals surface area contributed by atoms with Gasteiger partial charge in [-0.1, -0.05) is 18.2 Å². The molecule has 0 aliphatic carbocycles. The van der Waals surface area contributed by atoms with Crippen LogP contribution in [0, 0.1) is 23.2 Å². The van der Waals surface area contributed by atoms with Gasteiger partial charge in [-0.15, -0.1) is 0 Å². The second kappa shape index (κ2) is 6.80. The van der Waals surface area contributed by atoms with Crippen LogP contribution in [0.25, 0.3) is 0 Å². The molecule has 1 aromatic rings. The maximum absolute atomic E-state index is 12.4. The van der Waals surface area contributed by atoms with Gasteiger partial charge in [0.2, 0.25) is 11.8 Å². The number of ether oxygens (including phenoxy) is 1. The van der Waals surface area contributed by atoms with Crippen molar-refractivity contribution < 1.29 is 14.3 Å². The fourth-order valence-electron chi connectivity index (χ4n) is 3.08. The van der Waals surface area contributed by atoms with Gasteiger partial charge in [0.25, 0.3) is 0 Å². The third kappa shape index (κ3) is 3.35. The molecule has 0 spiro atoms. The second-order valence-corrected chi connectivity index (χ2v) is 5.98. The molecule has 2 aliphatic rings. The van der Waals surface area contributed by atoms with E-state index in [9.17, 15) is 14.9 Å². The lowest BCUT2D eigenvalue weighted by Crippen LogP contribution is -2.43. The molecule has 0 radical (unpaired) electrons. The Bertz CT molecular complexity index is 620. The summed E-state index contributed by atoms with van der Waals surface area (Å²) in [5.74, 6) is -0.670. The van der Waals surface area contributed by atoms with Crippen LogP contribution in [0.3, 0.4) is 0 Å². The number of amides is 2. The molecule has 2 saturated heterocycles. The molecule has 3 rings (SSSR count). The first-order valence-corrected chi connectivity index (χ1v) is 7.82. The SMILES string of the molecule is N#C[C@H](NC(=O)[C@@H]1CC(=O)N(c2ccccc2)C1)[C@@H]1CCOC1. The summed E-state index contributed by atoms with van der Waals surface area (Å²) >= 11 is 0. The number of hydrogen-bond donors (Lipinski definition) is 1. The van der Waals surface area contributed by atoms with Crippen LogP contribution in [0.4, 0.5) is 5.69 Å². The van der Waals surface area contributed by atoms with Crippen molar-refractivity contribution in [2.24, 2.45) is 11.8 Å². The van der Waals surface area contributed by atoms with Gasteiger partial charge in [-0.2, -0.15) is 5.26 Å². The number of benzene rings is 1. The number of nitrogens with zero attached hydrogens (tertiary/aromatic N) is 2. The maximum atomic E-state index is 12.4. The van der Waals surface area contributed by atoms with Crippen molar-refractivity contribution in [3.63, 3.8) is 0 Å². The summed E-state index contributed by atoms with van der Waals surface area (Å²) in [5.41, 5.74) is 0.800. The second-order valence-electron chi connectivity index (χ2n) is 5.98. The Kier molecular flexibility index (Phi) is 4.58. The molecule has 2 aliphatic heterocycles. The summed E-state index contributed by atoms with van der Waals surface area (Å²) < 4.78 is 5.27. The Morgan fingerprint density at radius 3 is 2.83 bits per heavy atom. The van der Waals surface area contributed by atoms with Gasteiger partial charge in [0.1, 0.15) is 6.04 Å². The number of nitrogens with one attached hydrogen (secondary N) is 1.